The first kappa shape index (κ1) is 20.8. The molecule has 1 aromatic carbocycles. The van der Waals surface area contributed by atoms with Crippen LogP contribution in [0.2, 0.25) is 0 Å². The number of rotatable bonds is 5. The highest BCUT2D eigenvalue weighted by Gasteiger charge is 2.39. The van der Waals surface area contributed by atoms with E-state index in [1.807, 2.05) is 22.9 Å². The molecule has 0 spiro atoms. The number of benzene rings is 1. The summed E-state index contributed by atoms with van der Waals surface area (Å²) in [6.45, 7) is 2.82. The van der Waals surface area contributed by atoms with Gasteiger partial charge in [-0.1, -0.05) is 25.5 Å². The summed E-state index contributed by atoms with van der Waals surface area (Å²) >= 11 is 0. The Hall–Kier alpha value is -1.92. The van der Waals surface area contributed by atoms with Gasteiger partial charge in [-0.05, 0) is 51.3 Å². The number of nitrogens with zero attached hydrogens (tertiary/aromatic N) is 3. The second-order valence-electron chi connectivity index (χ2n) is 7.96. The van der Waals surface area contributed by atoms with E-state index < -0.39 is 0 Å². The molecule has 7 heteroatoms. The smallest absolute Gasteiger partial charge is 0.276 e. The van der Waals surface area contributed by atoms with Crippen LogP contribution in [0.3, 0.4) is 0 Å². The molecule has 2 atom stereocenters. The number of unbranched alkanes of at least 4 members (excludes halogenated alkanes) is 1. The highest BCUT2D eigenvalue weighted by Crippen LogP contribution is 2.34. The minimum Gasteiger partial charge on any atom is -0.348 e. The molecule has 1 aromatic heterocycles. The Balaban J connectivity index is 0.00000225. The number of hydrogen-bond acceptors (Lipinski definition) is 4. The van der Waals surface area contributed by atoms with Crippen LogP contribution in [0.1, 0.15) is 55.9 Å². The van der Waals surface area contributed by atoms with Crippen molar-refractivity contribution >= 4 is 29.2 Å². The lowest BCUT2D eigenvalue weighted by Gasteiger charge is -2.36. The monoisotopic (exact) mass is 404 g/mol. The zero-order valence-corrected chi connectivity index (χ0v) is 17.4. The fourth-order valence-electron chi connectivity index (χ4n) is 4.65. The average Bonchev–Trinajstić information content (AvgIpc) is 2.88. The predicted octanol–water partition coefficient (Wildman–Crippen LogP) is 2.97. The maximum absolute atomic E-state index is 12.9. The fourth-order valence-corrected chi connectivity index (χ4v) is 4.65. The number of hydrogen-bond donors (Lipinski definition) is 1. The third kappa shape index (κ3) is 3.80. The highest BCUT2D eigenvalue weighted by atomic mass is 35.5. The third-order valence-corrected chi connectivity index (χ3v) is 6.23. The molecular formula is C21H29ClN4O2. The fraction of sp³-hybridized carbons (Fsp3) is 0.571. The molecule has 2 aliphatic rings. The molecule has 6 nitrogen and oxygen atoms in total. The van der Waals surface area contributed by atoms with Crippen molar-refractivity contribution in [1.82, 2.24) is 20.0 Å². The molecule has 2 fully saturated rings. The summed E-state index contributed by atoms with van der Waals surface area (Å²) in [5.41, 5.74) is 0.549. The van der Waals surface area contributed by atoms with Gasteiger partial charge in [0.05, 0.1) is 5.52 Å². The third-order valence-electron chi connectivity index (χ3n) is 6.23. The van der Waals surface area contributed by atoms with E-state index in [0.29, 0.717) is 24.0 Å². The quantitative estimate of drug-likeness (QED) is 0.831. The summed E-state index contributed by atoms with van der Waals surface area (Å²) < 4.78 is 1.81. The standard InChI is InChI=1S/C21H28N4O2.ClH/c1-3-4-11-25-18-8-6-5-7-17(18)20(26)19(23-25)21(27)22-14-12-15-9-10-16(13-14)24(15)2;/h5-8,14-16H,3-4,9-13H2,1-2H3,(H,22,27);1H. The van der Waals surface area contributed by atoms with Gasteiger partial charge in [0.2, 0.25) is 5.43 Å². The van der Waals surface area contributed by atoms with E-state index in [9.17, 15) is 9.59 Å². The Bertz CT molecular complexity index is 899. The van der Waals surface area contributed by atoms with Crippen molar-refractivity contribution in [2.75, 3.05) is 7.05 Å². The summed E-state index contributed by atoms with van der Waals surface area (Å²) in [6.07, 6.45) is 6.30. The number of para-hydroxylation sites is 1. The summed E-state index contributed by atoms with van der Waals surface area (Å²) in [5.74, 6) is -0.329. The number of amides is 1. The van der Waals surface area contributed by atoms with Crippen molar-refractivity contribution in [3.8, 4) is 0 Å². The molecule has 2 saturated heterocycles. The van der Waals surface area contributed by atoms with Crippen LogP contribution in [0.5, 0.6) is 0 Å². The normalized spacial score (nSPS) is 24.1. The molecule has 2 bridgehead atoms. The molecule has 0 radical (unpaired) electrons. The summed E-state index contributed by atoms with van der Waals surface area (Å²) in [6, 6.07) is 8.64. The van der Waals surface area contributed by atoms with Crippen LogP contribution in [0, 0.1) is 0 Å². The van der Waals surface area contributed by atoms with E-state index in [0.717, 1.165) is 31.2 Å². The first-order valence-electron chi connectivity index (χ1n) is 10.1. The number of carbonyl (C=O) groups excluding carboxylic acids is 1. The Morgan fingerprint density at radius 2 is 1.89 bits per heavy atom. The Kier molecular flexibility index (Phi) is 6.40. The summed E-state index contributed by atoms with van der Waals surface area (Å²) in [5, 5.41) is 8.12. The van der Waals surface area contributed by atoms with Gasteiger partial charge in [-0.15, -0.1) is 12.4 Å². The lowest BCUT2D eigenvalue weighted by molar-refractivity contribution is 0.0874. The van der Waals surface area contributed by atoms with Gasteiger partial charge in [-0.25, -0.2) is 0 Å². The highest BCUT2D eigenvalue weighted by molar-refractivity contribution is 5.95. The van der Waals surface area contributed by atoms with Crippen LogP contribution < -0.4 is 10.7 Å². The zero-order valence-electron chi connectivity index (χ0n) is 16.6. The van der Waals surface area contributed by atoms with Gasteiger partial charge in [0, 0.05) is 30.1 Å². The molecule has 2 unspecified atom stereocenters. The van der Waals surface area contributed by atoms with E-state index >= 15 is 0 Å². The van der Waals surface area contributed by atoms with Gasteiger partial charge in [0.25, 0.3) is 5.91 Å². The van der Waals surface area contributed by atoms with E-state index in [4.69, 9.17) is 0 Å². The molecular weight excluding hydrogens is 376 g/mol. The first-order valence-corrected chi connectivity index (χ1v) is 10.1. The maximum atomic E-state index is 12.9. The van der Waals surface area contributed by atoms with Gasteiger partial charge >= 0.3 is 0 Å². The van der Waals surface area contributed by atoms with Crippen LogP contribution in [0.25, 0.3) is 10.9 Å². The van der Waals surface area contributed by atoms with Crippen LogP contribution >= 0.6 is 12.4 Å². The molecule has 28 heavy (non-hydrogen) atoms. The van der Waals surface area contributed by atoms with Crippen molar-refractivity contribution in [3.63, 3.8) is 0 Å². The lowest BCUT2D eigenvalue weighted by Crippen LogP contribution is -2.49. The number of piperidine rings is 1. The number of nitrogens with one attached hydrogen (secondary N) is 1. The molecule has 0 saturated carbocycles. The Morgan fingerprint density at radius 3 is 2.57 bits per heavy atom. The van der Waals surface area contributed by atoms with Crippen molar-refractivity contribution in [2.45, 2.75) is 70.1 Å². The van der Waals surface area contributed by atoms with Crippen molar-refractivity contribution in [2.24, 2.45) is 0 Å². The topological polar surface area (TPSA) is 67.2 Å². The van der Waals surface area contributed by atoms with Gasteiger partial charge in [-0.2, -0.15) is 5.10 Å². The molecule has 152 valence electrons. The number of fused-ring (bicyclic) bond motifs is 3. The summed E-state index contributed by atoms with van der Waals surface area (Å²) in [7, 11) is 2.18. The van der Waals surface area contributed by atoms with E-state index in [2.05, 4.69) is 29.3 Å². The van der Waals surface area contributed by atoms with Gasteiger partial charge < -0.3 is 10.2 Å². The SMILES string of the molecule is CCCCn1nc(C(=O)NC2CC3CCC(C2)N3C)c(=O)c2ccccc21.Cl. The summed E-state index contributed by atoms with van der Waals surface area (Å²) in [4.78, 5) is 28.2. The van der Waals surface area contributed by atoms with Gasteiger partial charge in [0.15, 0.2) is 5.69 Å². The molecule has 1 N–H and O–H groups in total. The molecule has 2 aromatic rings. The second-order valence-corrected chi connectivity index (χ2v) is 7.96. The number of carbonyl (C=O) groups is 1. The van der Waals surface area contributed by atoms with Crippen molar-refractivity contribution in [1.29, 1.82) is 0 Å². The van der Waals surface area contributed by atoms with Crippen molar-refractivity contribution in [3.05, 3.63) is 40.2 Å². The lowest BCUT2D eigenvalue weighted by atomic mass is 9.98. The van der Waals surface area contributed by atoms with Gasteiger partial charge in [0.1, 0.15) is 0 Å². The van der Waals surface area contributed by atoms with Gasteiger partial charge in [-0.3, -0.25) is 14.3 Å². The second kappa shape index (κ2) is 8.62. The number of halogens is 1. The van der Waals surface area contributed by atoms with E-state index in [1.54, 1.807) is 6.07 Å². The van der Waals surface area contributed by atoms with Crippen LogP contribution in [0.4, 0.5) is 0 Å². The molecule has 3 heterocycles. The molecule has 1 amide bonds. The minimum absolute atomic E-state index is 0. The first-order chi connectivity index (χ1) is 13.1. The van der Waals surface area contributed by atoms with Crippen molar-refractivity contribution < 1.29 is 4.79 Å². The Morgan fingerprint density at radius 1 is 1.21 bits per heavy atom. The molecule has 2 aliphatic heterocycles. The largest absolute Gasteiger partial charge is 0.348 e. The molecule has 0 aliphatic carbocycles. The predicted molar refractivity (Wildman–Crippen MR) is 113 cm³/mol. The number of aromatic nitrogens is 2. The zero-order chi connectivity index (χ0) is 19.0. The van der Waals surface area contributed by atoms with E-state index in [1.165, 1.54) is 12.8 Å². The number of aryl methyl sites for hydroxylation is 1. The molecule has 4 rings (SSSR count). The van der Waals surface area contributed by atoms with E-state index in [-0.39, 0.29) is 35.5 Å². The Labute approximate surface area is 171 Å². The van der Waals surface area contributed by atoms with Crippen LogP contribution in [0.15, 0.2) is 29.1 Å². The van der Waals surface area contributed by atoms with Crippen LogP contribution in [-0.4, -0.2) is 45.8 Å². The van der Waals surface area contributed by atoms with Crippen LogP contribution in [-0.2, 0) is 6.54 Å². The average molecular weight is 405 g/mol. The maximum Gasteiger partial charge on any atom is 0.276 e. The minimum atomic E-state index is -0.329.